The molecule has 0 amide bonds. The molecule has 56 valence electrons. The molecule has 0 saturated carbocycles. The standard InChI is InChI=1S/C10H10O/c1-7-9-5-3-2-4-8(9)6-10(7)11/h2-5,7H,6H2,1H3/i7D. The predicted molar refractivity (Wildman–Crippen MR) is 43.6 cm³/mol. The van der Waals surface area contributed by atoms with E-state index in [1.54, 1.807) is 6.92 Å². The summed E-state index contributed by atoms with van der Waals surface area (Å²) in [5.41, 5.74) is 1.88. The van der Waals surface area contributed by atoms with Gasteiger partial charge in [-0.05, 0) is 11.1 Å². The Balaban J connectivity index is 2.63. The van der Waals surface area contributed by atoms with Gasteiger partial charge in [-0.2, -0.15) is 0 Å². The van der Waals surface area contributed by atoms with Crippen molar-refractivity contribution in [3.05, 3.63) is 35.4 Å². The molecule has 0 spiro atoms. The van der Waals surface area contributed by atoms with E-state index < -0.39 is 5.89 Å². The molecule has 1 aromatic rings. The number of fused-ring (bicyclic) bond motifs is 1. The average molecular weight is 147 g/mol. The van der Waals surface area contributed by atoms with Crippen LogP contribution in [0.3, 0.4) is 0 Å². The number of carbonyl (C=O) groups is 1. The lowest BCUT2D eigenvalue weighted by Crippen LogP contribution is -2.00. The number of ketones is 1. The van der Waals surface area contributed by atoms with Crippen LogP contribution in [0.15, 0.2) is 24.3 Å². The second-order valence-corrected chi connectivity index (χ2v) is 2.88. The molecular weight excluding hydrogens is 136 g/mol. The number of benzene rings is 1. The summed E-state index contributed by atoms with van der Waals surface area (Å²) in [4.78, 5) is 11.4. The van der Waals surface area contributed by atoms with Crippen LogP contribution in [0.4, 0.5) is 0 Å². The number of Topliss-reactive ketones (excluding diaryl/α,β-unsaturated/α-hetero) is 1. The van der Waals surface area contributed by atoms with Gasteiger partial charge in [0.1, 0.15) is 5.78 Å². The highest BCUT2D eigenvalue weighted by Crippen LogP contribution is 2.28. The zero-order valence-electron chi connectivity index (χ0n) is 7.42. The Morgan fingerprint density at radius 1 is 1.55 bits per heavy atom. The topological polar surface area (TPSA) is 17.1 Å². The number of hydrogen-bond acceptors (Lipinski definition) is 1. The normalized spacial score (nSPS) is 29.9. The lowest BCUT2D eigenvalue weighted by Gasteiger charge is -2.00. The largest absolute Gasteiger partial charge is 0.299 e. The minimum absolute atomic E-state index is 0.00343. The van der Waals surface area contributed by atoms with Gasteiger partial charge < -0.3 is 0 Å². The number of carbonyl (C=O) groups excluding carboxylic acids is 1. The minimum Gasteiger partial charge on any atom is -0.299 e. The van der Waals surface area contributed by atoms with Crippen molar-refractivity contribution < 1.29 is 6.17 Å². The lowest BCUT2D eigenvalue weighted by molar-refractivity contribution is -0.118. The fraction of sp³-hybridized carbons (Fsp3) is 0.300. The van der Waals surface area contributed by atoms with E-state index in [1.165, 1.54) is 0 Å². The summed E-state index contributed by atoms with van der Waals surface area (Å²) in [6.45, 7) is 1.67. The summed E-state index contributed by atoms with van der Waals surface area (Å²) in [6.07, 6.45) is 0.427. The molecule has 1 atom stereocenters. The quantitative estimate of drug-likeness (QED) is 0.548. The molecule has 0 bridgehead atoms. The molecule has 0 aromatic heterocycles. The van der Waals surface area contributed by atoms with Gasteiger partial charge in [0.05, 0.1) is 0 Å². The van der Waals surface area contributed by atoms with Crippen LogP contribution in [0.1, 0.15) is 25.3 Å². The second kappa shape index (κ2) is 2.19. The third-order valence-electron chi connectivity index (χ3n) is 2.19. The first-order valence-electron chi connectivity index (χ1n) is 4.24. The molecule has 1 aliphatic carbocycles. The maximum absolute atomic E-state index is 11.4. The summed E-state index contributed by atoms with van der Waals surface area (Å²) in [5.74, 6) is -1.000. The lowest BCUT2D eigenvalue weighted by atomic mass is 10.0. The molecule has 1 aliphatic rings. The molecular formula is C10H10O. The van der Waals surface area contributed by atoms with Crippen molar-refractivity contribution in [3.63, 3.8) is 0 Å². The van der Waals surface area contributed by atoms with E-state index in [0.29, 0.717) is 6.42 Å². The molecule has 0 heterocycles. The van der Waals surface area contributed by atoms with Gasteiger partial charge in [0.15, 0.2) is 0 Å². The smallest absolute Gasteiger partial charge is 0.144 e. The summed E-state index contributed by atoms with van der Waals surface area (Å²) >= 11 is 0. The van der Waals surface area contributed by atoms with Crippen molar-refractivity contribution in [2.75, 3.05) is 0 Å². The van der Waals surface area contributed by atoms with Crippen molar-refractivity contribution >= 4 is 5.78 Å². The number of rotatable bonds is 0. The van der Waals surface area contributed by atoms with Crippen molar-refractivity contribution in [3.8, 4) is 0 Å². The van der Waals surface area contributed by atoms with E-state index in [-0.39, 0.29) is 5.78 Å². The van der Waals surface area contributed by atoms with Gasteiger partial charge in [0.2, 0.25) is 0 Å². The zero-order chi connectivity index (χ0) is 8.77. The van der Waals surface area contributed by atoms with Crippen LogP contribution in [0, 0.1) is 0 Å². The Morgan fingerprint density at radius 3 is 3.00 bits per heavy atom. The monoisotopic (exact) mass is 147 g/mol. The van der Waals surface area contributed by atoms with E-state index in [4.69, 9.17) is 1.37 Å². The summed E-state index contributed by atoms with van der Waals surface area (Å²) in [6, 6.07) is 7.58. The van der Waals surface area contributed by atoms with Crippen LogP contribution in [-0.4, -0.2) is 5.78 Å². The second-order valence-electron chi connectivity index (χ2n) is 2.88. The van der Waals surface area contributed by atoms with Crippen LogP contribution in [0.25, 0.3) is 0 Å². The molecule has 0 saturated heterocycles. The summed E-state index contributed by atoms with van der Waals surface area (Å²) in [7, 11) is 0. The fourth-order valence-corrected chi connectivity index (χ4v) is 1.50. The zero-order valence-corrected chi connectivity index (χ0v) is 6.42. The molecule has 0 N–H and O–H groups in total. The minimum atomic E-state index is -1.00. The third kappa shape index (κ3) is 0.881. The van der Waals surface area contributed by atoms with Crippen molar-refractivity contribution in [1.82, 2.24) is 0 Å². The van der Waals surface area contributed by atoms with Crippen molar-refractivity contribution in [2.45, 2.75) is 19.2 Å². The van der Waals surface area contributed by atoms with Gasteiger partial charge >= 0.3 is 0 Å². The van der Waals surface area contributed by atoms with E-state index in [1.807, 2.05) is 24.3 Å². The molecule has 0 radical (unpaired) electrons. The first kappa shape index (κ1) is 5.53. The average Bonchev–Trinajstić information content (AvgIpc) is 2.25. The molecule has 1 aromatic carbocycles. The van der Waals surface area contributed by atoms with E-state index in [2.05, 4.69) is 0 Å². The van der Waals surface area contributed by atoms with Crippen LogP contribution in [0.5, 0.6) is 0 Å². The highest BCUT2D eigenvalue weighted by Gasteiger charge is 2.25. The molecule has 0 fully saturated rings. The van der Waals surface area contributed by atoms with E-state index >= 15 is 0 Å². The van der Waals surface area contributed by atoms with E-state index in [0.717, 1.165) is 11.1 Å². The SMILES string of the molecule is [2H]C1(C)C(=O)Cc2ccccc21. The van der Waals surface area contributed by atoms with Gasteiger partial charge in [-0.3, -0.25) is 4.79 Å². The Morgan fingerprint density at radius 2 is 2.27 bits per heavy atom. The van der Waals surface area contributed by atoms with Crippen molar-refractivity contribution in [2.24, 2.45) is 0 Å². The molecule has 1 unspecified atom stereocenters. The Bertz CT molecular complexity index is 341. The fourth-order valence-electron chi connectivity index (χ4n) is 1.50. The molecule has 11 heavy (non-hydrogen) atoms. The van der Waals surface area contributed by atoms with Crippen LogP contribution in [0.2, 0.25) is 0 Å². The Labute approximate surface area is 67.5 Å². The summed E-state index contributed by atoms with van der Waals surface area (Å²) in [5, 5.41) is 0. The Hall–Kier alpha value is -1.11. The van der Waals surface area contributed by atoms with Crippen LogP contribution < -0.4 is 0 Å². The molecule has 0 aliphatic heterocycles. The number of hydrogen-bond donors (Lipinski definition) is 0. The van der Waals surface area contributed by atoms with E-state index in [9.17, 15) is 4.79 Å². The molecule has 1 nitrogen and oxygen atoms in total. The molecule has 1 heteroatoms. The van der Waals surface area contributed by atoms with Gasteiger partial charge in [-0.25, -0.2) is 0 Å². The first-order chi connectivity index (χ1) is 5.62. The van der Waals surface area contributed by atoms with Gasteiger partial charge in [0, 0.05) is 13.7 Å². The van der Waals surface area contributed by atoms with Crippen molar-refractivity contribution in [1.29, 1.82) is 0 Å². The van der Waals surface area contributed by atoms with Gasteiger partial charge in [0.25, 0.3) is 0 Å². The maximum Gasteiger partial charge on any atom is 0.144 e. The predicted octanol–water partition coefficient (Wildman–Crippen LogP) is 1.92. The Kier molecular flexibility index (Phi) is 1.10. The van der Waals surface area contributed by atoms with Crippen LogP contribution >= 0.6 is 0 Å². The van der Waals surface area contributed by atoms with Gasteiger partial charge in [-0.15, -0.1) is 0 Å². The maximum atomic E-state index is 11.4. The highest BCUT2D eigenvalue weighted by molar-refractivity contribution is 5.92. The summed E-state index contributed by atoms with van der Waals surface area (Å²) < 4.78 is 7.82. The van der Waals surface area contributed by atoms with Gasteiger partial charge in [-0.1, -0.05) is 31.2 Å². The first-order valence-corrected chi connectivity index (χ1v) is 3.74. The highest BCUT2D eigenvalue weighted by atomic mass is 16.1. The van der Waals surface area contributed by atoms with Crippen LogP contribution in [-0.2, 0) is 11.2 Å². The third-order valence-corrected chi connectivity index (χ3v) is 2.19. The molecule has 2 rings (SSSR count).